The molecule has 2 fully saturated rings. The van der Waals surface area contributed by atoms with Gasteiger partial charge in [-0.1, -0.05) is 0 Å². The highest BCUT2D eigenvalue weighted by molar-refractivity contribution is 5.86. The van der Waals surface area contributed by atoms with Crippen molar-refractivity contribution >= 4 is 23.2 Å². The summed E-state index contributed by atoms with van der Waals surface area (Å²) in [7, 11) is 0. The lowest BCUT2D eigenvalue weighted by atomic mass is 10.1. The van der Waals surface area contributed by atoms with Crippen LogP contribution < -0.4 is 10.2 Å². The van der Waals surface area contributed by atoms with Crippen LogP contribution in [0.5, 0.6) is 0 Å². The zero-order valence-corrected chi connectivity index (χ0v) is 15.6. The standard InChI is InChI=1S/C20H25N5O2/c1-2-27-20(26)18-12-22-19(13-21-18)23-15-5-7-16(8-6-15)25-11-10-24-9-3-4-17(24)14-25/h5-8,12-13,17H,2-4,9-11,14H2,1H3,(H,22,23). The van der Waals surface area contributed by atoms with Crippen LogP contribution in [0.4, 0.5) is 17.2 Å². The summed E-state index contributed by atoms with van der Waals surface area (Å²) in [6.07, 6.45) is 5.61. The predicted molar refractivity (Wildman–Crippen MR) is 105 cm³/mol. The average Bonchev–Trinajstić information content (AvgIpc) is 3.17. The molecule has 2 saturated heterocycles. The molecule has 1 unspecified atom stereocenters. The topological polar surface area (TPSA) is 70.6 Å². The molecule has 2 aromatic rings. The third-order valence-electron chi connectivity index (χ3n) is 5.23. The number of carbonyl (C=O) groups is 1. The Hall–Kier alpha value is -2.67. The molecule has 1 aromatic carbocycles. The molecule has 4 rings (SSSR count). The first-order chi connectivity index (χ1) is 13.2. The number of benzene rings is 1. The van der Waals surface area contributed by atoms with Crippen LogP contribution in [0.15, 0.2) is 36.7 Å². The van der Waals surface area contributed by atoms with E-state index in [9.17, 15) is 4.79 Å². The van der Waals surface area contributed by atoms with Gasteiger partial charge in [0.25, 0.3) is 0 Å². The summed E-state index contributed by atoms with van der Waals surface area (Å²) >= 11 is 0. The molecule has 7 nitrogen and oxygen atoms in total. The number of nitrogens with one attached hydrogen (secondary N) is 1. The molecule has 142 valence electrons. The third-order valence-corrected chi connectivity index (χ3v) is 5.23. The predicted octanol–water partition coefficient (Wildman–Crippen LogP) is 2.68. The Kier molecular flexibility index (Phi) is 5.20. The molecular formula is C20H25N5O2. The number of aromatic nitrogens is 2. The van der Waals surface area contributed by atoms with Crippen LogP contribution in [0.2, 0.25) is 0 Å². The van der Waals surface area contributed by atoms with Crippen LogP contribution in [-0.4, -0.2) is 59.7 Å². The minimum atomic E-state index is -0.455. The van der Waals surface area contributed by atoms with Gasteiger partial charge < -0.3 is 15.0 Å². The van der Waals surface area contributed by atoms with Crippen molar-refractivity contribution in [1.29, 1.82) is 0 Å². The van der Waals surface area contributed by atoms with E-state index in [1.54, 1.807) is 13.1 Å². The van der Waals surface area contributed by atoms with Gasteiger partial charge in [0.05, 0.1) is 19.0 Å². The molecule has 2 aliphatic rings. The summed E-state index contributed by atoms with van der Waals surface area (Å²) in [5.74, 6) is 0.138. The number of anilines is 3. The number of esters is 1. The number of nitrogens with zero attached hydrogens (tertiary/aromatic N) is 4. The fourth-order valence-corrected chi connectivity index (χ4v) is 3.83. The van der Waals surface area contributed by atoms with Gasteiger partial charge in [-0.05, 0) is 50.6 Å². The van der Waals surface area contributed by atoms with Crippen molar-refractivity contribution in [3.05, 3.63) is 42.4 Å². The first-order valence-corrected chi connectivity index (χ1v) is 9.58. The van der Waals surface area contributed by atoms with Crippen LogP contribution in [0.3, 0.4) is 0 Å². The number of piperazine rings is 1. The molecule has 3 heterocycles. The molecular weight excluding hydrogens is 342 g/mol. The van der Waals surface area contributed by atoms with Crippen LogP contribution in [-0.2, 0) is 4.74 Å². The van der Waals surface area contributed by atoms with Crippen molar-refractivity contribution in [3.63, 3.8) is 0 Å². The molecule has 1 N–H and O–H groups in total. The minimum Gasteiger partial charge on any atom is -0.461 e. The molecule has 2 aliphatic heterocycles. The van der Waals surface area contributed by atoms with Gasteiger partial charge in [0.1, 0.15) is 5.82 Å². The summed E-state index contributed by atoms with van der Waals surface area (Å²) in [6, 6.07) is 9.11. The fourth-order valence-electron chi connectivity index (χ4n) is 3.83. The number of hydrogen-bond acceptors (Lipinski definition) is 7. The molecule has 0 bridgehead atoms. The zero-order chi connectivity index (χ0) is 18.6. The van der Waals surface area contributed by atoms with Crippen molar-refractivity contribution < 1.29 is 9.53 Å². The van der Waals surface area contributed by atoms with E-state index in [4.69, 9.17) is 4.74 Å². The molecule has 0 spiro atoms. The van der Waals surface area contributed by atoms with Crippen molar-refractivity contribution in [2.75, 3.05) is 43.0 Å². The van der Waals surface area contributed by atoms with Gasteiger partial charge in [0, 0.05) is 37.1 Å². The lowest BCUT2D eigenvalue weighted by molar-refractivity contribution is 0.0519. The number of fused-ring (bicyclic) bond motifs is 1. The third kappa shape index (κ3) is 4.03. The Labute approximate surface area is 159 Å². The molecule has 0 saturated carbocycles. The first-order valence-electron chi connectivity index (χ1n) is 9.58. The first kappa shape index (κ1) is 17.7. The second-order valence-corrected chi connectivity index (χ2v) is 6.96. The van der Waals surface area contributed by atoms with Crippen molar-refractivity contribution in [2.24, 2.45) is 0 Å². The summed E-state index contributed by atoms with van der Waals surface area (Å²) in [5, 5.41) is 3.22. The maximum Gasteiger partial charge on any atom is 0.358 e. The maximum atomic E-state index is 11.6. The van der Waals surface area contributed by atoms with Gasteiger partial charge in [-0.15, -0.1) is 0 Å². The highest BCUT2D eigenvalue weighted by atomic mass is 16.5. The van der Waals surface area contributed by atoms with Gasteiger partial charge in [0.15, 0.2) is 5.69 Å². The van der Waals surface area contributed by atoms with E-state index in [0.717, 1.165) is 25.3 Å². The van der Waals surface area contributed by atoms with Crippen LogP contribution in [0.1, 0.15) is 30.3 Å². The average molecular weight is 367 g/mol. The lowest BCUT2D eigenvalue weighted by Gasteiger charge is -2.38. The molecule has 1 atom stereocenters. The molecule has 0 amide bonds. The smallest absolute Gasteiger partial charge is 0.358 e. The SMILES string of the molecule is CCOC(=O)c1cnc(Nc2ccc(N3CCN4CCCC4C3)cc2)cn1. The lowest BCUT2D eigenvalue weighted by Crippen LogP contribution is -2.50. The fraction of sp³-hybridized carbons (Fsp3) is 0.450. The van der Waals surface area contributed by atoms with Crippen LogP contribution >= 0.6 is 0 Å². The van der Waals surface area contributed by atoms with Gasteiger partial charge in [-0.3, -0.25) is 4.90 Å². The zero-order valence-electron chi connectivity index (χ0n) is 15.6. The summed E-state index contributed by atoms with van der Waals surface area (Å²) in [6.45, 7) is 6.71. The molecule has 0 aliphatic carbocycles. The number of rotatable bonds is 5. The quantitative estimate of drug-likeness (QED) is 0.815. The van der Waals surface area contributed by atoms with Crippen molar-refractivity contribution in [3.8, 4) is 0 Å². The molecule has 27 heavy (non-hydrogen) atoms. The number of hydrogen-bond donors (Lipinski definition) is 1. The second kappa shape index (κ2) is 7.92. The summed E-state index contributed by atoms with van der Waals surface area (Å²) < 4.78 is 4.91. The molecule has 1 aromatic heterocycles. The van der Waals surface area contributed by atoms with Crippen LogP contribution in [0, 0.1) is 0 Å². The van der Waals surface area contributed by atoms with E-state index in [2.05, 4.69) is 49.4 Å². The largest absolute Gasteiger partial charge is 0.461 e. The Morgan fingerprint density at radius 1 is 1.19 bits per heavy atom. The van der Waals surface area contributed by atoms with E-state index in [1.807, 2.05) is 0 Å². The van der Waals surface area contributed by atoms with E-state index in [1.165, 1.54) is 31.3 Å². The van der Waals surface area contributed by atoms with E-state index in [-0.39, 0.29) is 5.69 Å². The van der Waals surface area contributed by atoms with E-state index in [0.29, 0.717) is 18.5 Å². The van der Waals surface area contributed by atoms with E-state index < -0.39 is 5.97 Å². The van der Waals surface area contributed by atoms with Gasteiger partial charge in [-0.2, -0.15) is 0 Å². The Morgan fingerprint density at radius 2 is 2.04 bits per heavy atom. The van der Waals surface area contributed by atoms with Crippen LogP contribution in [0.25, 0.3) is 0 Å². The van der Waals surface area contributed by atoms with Gasteiger partial charge >= 0.3 is 5.97 Å². The highest BCUT2D eigenvalue weighted by Gasteiger charge is 2.30. The summed E-state index contributed by atoms with van der Waals surface area (Å²) in [4.78, 5) is 25.0. The minimum absolute atomic E-state index is 0.212. The van der Waals surface area contributed by atoms with E-state index >= 15 is 0 Å². The van der Waals surface area contributed by atoms with Gasteiger partial charge in [-0.25, -0.2) is 14.8 Å². The Morgan fingerprint density at radius 3 is 2.78 bits per heavy atom. The summed E-state index contributed by atoms with van der Waals surface area (Å²) in [5.41, 5.74) is 2.41. The van der Waals surface area contributed by atoms with Crippen molar-refractivity contribution in [1.82, 2.24) is 14.9 Å². The molecule has 7 heteroatoms. The second-order valence-electron chi connectivity index (χ2n) is 6.96. The molecule has 0 radical (unpaired) electrons. The Bertz CT molecular complexity index is 778. The monoisotopic (exact) mass is 367 g/mol. The number of ether oxygens (including phenoxy) is 1. The number of carbonyl (C=O) groups excluding carboxylic acids is 1. The highest BCUT2D eigenvalue weighted by Crippen LogP contribution is 2.26. The van der Waals surface area contributed by atoms with Gasteiger partial charge in [0.2, 0.25) is 0 Å². The maximum absolute atomic E-state index is 11.6. The normalized spacial score (nSPS) is 19.6. The van der Waals surface area contributed by atoms with Crippen molar-refractivity contribution in [2.45, 2.75) is 25.8 Å². The Balaban J connectivity index is 1.37.